The molecule has 10 heteroatoms. The Labute approximate surface area is 206 Å². The SMILES string of the molecule is CC1(C)CC(Nc2nc(Nc3ccc(N4CCN(S)CC4)c(CF)c3)ncc2F)CC(C)(C)N1. The molecule has 3 N–H and O–H groups in total. The van der Waals surface area contributed by atoms with Gasteiger partial charge >= 0.3 is 0 Å². The van der Waals surface area contributed by atoms with Gasteiger partial charge < -0.3 is 20.9 Å². The number of aromatic nitrogens is 2. The molecule has 2 aliphatic rings. The molecule has 0 unspecified atom stereocenters. The second-order valence-electron chi connectivity index (χ2n) is 10.6. The van der Waals surface area contributed by atoms with Gasteiger partial charge in [0.1, 0.15) is 6.67 Å². The lowest BCUT2D eigenvalue weighted by Gasteiger charge is -2.46. The molecule has 0 amide bonds. The molecule has 4 rings (SSSR count). The van der Waals surface area contributed by atoms with E-state index in [4.69, 9.17) is 0 Å². The Morgan fingerprint density at radius 1 is 1.12 bits per heavy atom. The summed E-state index contributed by atoms with van der Waals surface area (Å²) in [6.07, 6.45) is 2.84. The fraction of sp³-hybridized carbons (Fsp3) is 0.583. The highest BCUT2D eigenvalue weighted by atomic mass is 32.1. The minimum absolute atomic E-state index is 0.0682. The van der Waals surface area contributed by atoms with Crippen LogP contribution in [-0.2, 0) is 6.67 Å². The Morgan fingerprint density at radius 2 is 1.79 bits per heavy atom. The van der Waals surface area contributed by atoms with Gasteiger partial charge in [-0.15, -0.1) is 0 Å². The molecule has 7 nitrogen and oxygen atoms in total. The Morgan fingerprint density at radius 3 is 2.44 bits per heavy atom. The number of benzene rings is 1. The molecular weight excluding hydrogens is 456 g/mol. The summed E-state index contributed by atoms with van der Waals surface area (Å²) < 4.78 is 30.4. The van der Waals surface area contributed by atoms with Crippen LogP contribution in [0, 0.1) is 5.82 Å². The average molecular weight is 492 g/mol. The van der Waals surface area contributed by atoms with Crippen LogP contribution in [0.5, 0.6) is 0 Å². The molecule has 2 fully saturated rings. The molecular formula is C24H35F2N7S. The largest absolute Gasteiger partial charge is 0.369 e. The molecule has 1 aromatic carbocycles. The van der Waals surface area contributed by atoms with Crippen LogP contribution in [0.4, 0.5) is 31.9 Å². The first-order valence-electron chi connectivity index (χ1n) is 11.8. The van der Waals surface area contributed by atoms with E-state index in [0.29, 0.717) is 11.3 Å². The van der Waals surface area contributed by atoms with E-state index >= 15 is 0 Å². The normalized spacial score (nSPS) is 20.9. The summed E-state index contributed by atoms with van der Waals surface area (Å²) in [6.45, 7) is 11.2. The Kier molecular flexibility index (Phi) is 7.21. The zero-order valence-electron chi connectivity index (χ0n) is 20.3. The van der Waals surface area contributed by atoms with Crippen LogP contribution in [0.1, 0.15) is 46.1 Å². The molecule has 2 aliphatic heterocycles. The first-order valence-corrected chi connectivity index (χ1v) is 12.2. The number of hydrogen-bond donors (Lipinski definition) is 4. The molecule has 0 atom stereocenters. The van der Waals surface area contributed by atoms with Crippen molar-refractivity contribution in [3.8, 4) is 0 Å². The van der Waals surface area contributed by atoms with Crippen molar-refractivity contribution in [2.24, 2.45) is 0 Å². The molecule has 0 spiro atoms. The highest BCUT2D eigenvalue weighted by Crippen LogP contribution is 2.31. The molecule has 0 radical (unpaired) electrons. The molecule has 2 saturated heterocycles. The van der Waals surface area contributed by atoms with Gasteiger partial charge in [0.15, 0.2) is 11.6 Å². The van der Waals surface area contributed by atoms with Crippen molar-refractivity contribution < 1.29 is 8.78 Å². The van der Waals surface area contributed by atoms with Crippen LogP contribution < -0.4 is 20.9 Å². The summed E-state index contributed by atoms with van der Waals surface area (Å²) in [5, 5.41) is 10.0. The molecule has 0 saturated carbocycles. The summed E-state index contributed by atoms with van der Waals surface area (Å²) >= 11 is 4.38. The number of nitrogens with one attached hydrogen (secondary N) is 3. The van der Waals surface area contributed by atoms with Crippen LogP contribution >= 0.6 is 12.8 Å². The Balaban J connectivity index is 1.49. The van der Waals surface area contributed by atoms with Gasteiger partial charge in [0.2, 0.25) is 5.95 Å². The van der Waals surface area contributed by atoms with Crippen molar-refractivity contribution >= 4 is 36.0 Å². The number of alkyl halides is 1. The number of nitrogens with zero attached hydrogens (tertiary/aromatic N) is 4. The van der Waals surface area contributed by atoms with Gasteiger partial charge in [0.05, 0.1) is 6.20 Å². The lowest BCUT2D eigenvalue weighted by molar-refractivity contribution is 0.170. The van der Waals surface area contributed by atoms with Crippen molar-refractivity contribution in [1.82, 2.24) is 19.6 Å². The molecule has 186 valence electrons. The molecule has 1 aromatic heterocycles. The van der Waals surface area contributed by atoms with Crippen molar-refractivity contribution in [2.45, 2.75) is 64.3 Å². The number of piperidine rings is 1. The zero-order valence-corrected chi connectivity index (χ0v) is 21.2. The van der Waals surface area contributed by atoms with Crippen molar-refractivity contribution in [2.75, 3.05) is 41.7 Å². The maximum absolute atomic E-state index is 14.6. The lowest BCUT2D eigenvalue weighted by Crippen LogP contribution is -2.60. The first kappa shape index (κ1) is 24.9. The molecule has 0 bridgehead atoms. The second-order valence-corrected chi connectivity index (χ2v) is 11.1. The third-order valence-corrected chi connectivity index (χ3v) is 6.75. The molecule has 34 heavy (non-hydrogen) atoms. The van der Waals surface area contributed by atoms with Gasteiger partial charge in [0, 0.05) is 60.2 Å². The van der Waals surface area contributed by atoms with Crippen LogP contribution in [-0.4, -0.2) is 57.6 Å². The zero-order chi connectivity index (χ0) is 24.5. The first-order chi connectivity index (χ1) is 16.0. The fourth-order valence-corrected chi connectivity index (χ4v) is 5.47. The van der Waals surface area contributed by atoms with Gasteiger partial charge in [-0.25, -0.2) is 18.1 Å². The summed E-state index contributed by atoms with van der Waals surface area (Å²) in [5.41, 5.74) is 1.98. The molecule has 0 aliphatic carbocycles. The van der Waals surface area contributed by atoms with Crippen LogP contribution in [0.2, 0.25) is 0 Å². The Hall–Kier alpha value is -2.17. The predicted molar refractivity (Wildman–Crippen MR) is 137 cm³/mol. The maximum atomic E-state index is 14.6. The van der Waals surface area contributed by atoms with Crippen molar-refractivity contribution in [3.05, 3.63) is 35.8 Å². The van der Waals surface area contributed by atoms with Crippen LogP contribution in [0.25, 0.3) is 0 Å². The summed E-state index contributed by atoms with van der Waals surface area (Å²) in [5.74, 6) is -0.0663. The quantitative estimate of drug-likeness (QED) is 0.443. The lowest BCUT2D eigenvalue weighted by atomic mass is 9.79. The number of rotatable bonds is 6. The van der Waals surface area contributed by atoms with E-state index < -0.39 is 12.5 Å². The number of anilines is 4. The monoisotopic (exact) mass is 491 g/mol. The van der Waals surface area contributed by atoms with Gasteiger partial charge in [-0.2, -0.15) is 4.98 Å². The third-order valence-electron chi connectivity index (χ3n) is 6.35. The highest BCUT2D eigenvalue weighted by molar-refractivity contribution is 7.77. The van der Waals surface area contributed by atoms with Gasteiger partial charge in [-0.05, 0) is 58.7 Å². The number of halogens is 2. The van der Waals surface area contributed by atoms with Crippen molar-refractivity contribution in [1.29, 1.82) is 0 Å². The Bertz CT molecular complexity index is 993. The topological polar surface area (TPSA) is 68.4 Å². The van der Waals surface area contributed by atoms with E-state index in [1.165, 1.54) is 0 Å². The summed E-state index contributed by atoms with van der Waals surface area (Å²) in [7, 11) is 0. The second kappa shape index (κ2) is 9.83. The predicted octanol–water partition coefficient (Wildman–Crippen LogP) is 4.52. The molecule has 3 heterocycles. The minimum atomic E-state index is -0.579. The van der Waals surface area contributed by atoms with Gasteiger partial charge in [0.25, 0.3) is 0 Å². The number of thiol groups is 1. The van der Waals surface area contributed by atoms with E-state index in [1.54, 1.807) is 6.07 Å². The minimum Gasteiger partial charge on any atom is -0.369 e. The van der Waals surface area contributed by atoms with Gasteiger partial charge in [-0.3, -0.25) is 0 Å². The van der Waals surface area contributed by atoms with Crippen LogP contribution in [0.3, 0.4) is 0 Å². The van der Waals surface area contributed by atoms with E-state index in [2.05, 4.69) is 71.3 Å². The molecule has 2 aromatic rings. The van der Waals surface area contributed by atoms with Crippen molar-refractivity contribution in [3.63, 3.8) is 0 Å². The third kappa shape index (κ3) is 6.09. The number of hydrogen-bond acceptors (Lipinski definition) is 8. The smallest absolute Gasteiger partial charge is 0.229 e. The summed E-state index contributed by atoms with van der Waals surface area (Å²) in [6, 6.07) is 5.62. The van der Waals surface area contributed by atoms with Gasteiger partial charge in [-0.1, -0.05) is 12.8 Å². The standard InChI is InChI=1S/C24H35F2N7S/c1-23(2)12-18(13-24(3,4)31-23)28-21-19(26)15-27-22(30-21)29-17-5-6-20(16(11-17)14-25)32-7-9-33(34)10-8-32/h5-6,11,15,18,31,34H,7-10,12-14H2,1-4H3,(H2,27,28,29,30). The number of piperazine rings is 1. The van der Waals surface area contributed by atoms with E-state index in [-0.39, 0.29) is 28.9 Å². The summed E-state index contributed by atoms with van der Waals surface area (Å²) in [4.78, 5) is 10.6. The van der Waals surface area contributed by atoms with E-state index in [9.17, 15) is 8.78 Å². The maximum Gasteiger partial charge on any atom is 0.229 e. The van der Waals surface area contributed by atoms with Crippen LogP contribution in [0.15, 0.2) is 24.4 Å². The average Bonchev–Trinajstić information content (AvgIpc) is 2.74. The fourth-order valence-electron chi connectivity index (χ4n) is 5.29. The van der Waals surface area contributed by atoms with E-state index in [0.717, 1.165) is 50.9 Å². The van der Waals surface area contributed by atoms with E-state index in [1.807, 2.05) is 16.4 Å². The highest BCUT2D eigenvalue weighted by Gasteiger charge is 2.38.